The van der Waals surface area contributed by atoms with Crippen LogP contribution in [0.15, 0.2) is 12.4 Å². The quantitative estimate of drug-likeness (QED) is 0.760. The van der Waals surface area contributed by atoms with E-state index >= 15 is 0 Å². The van der Waals surface area contributed by atoms with Crippen LogP contribution in [-0.2, 0) is 17.8 Å². The number of nitrogens with zero attached hydrogens (tertiary/aromatic N) is 2. The average Bonchev–Trinajstić information content (AvgIpc) is 2.69. The van der Waals surface area contributed by atoms with Gasteiger partial charge in [-0.1, -0.05) is 6.42 Å². The second kappa shape index (κ2) is 4.60. The molecular weight excluding hydrogens is 188 g/mol. The molecule has 0 N–H and O–H groups in total. The molecule has 0 spiro atoms. The predicted molar refractivity (Wildman–Crippen MR) is 58.6 cm³/mol. The first kappa shape index (κ1) is 10.4. The van der Waals surface area contributed by atoms with E-state index in [0.29, 0.717) is 5.78 Å². The van der Waals surface area contributed by atoms with Crippen LogP contribution >= 0.6 is 0 Å². The molecule has 82 valence electrons. The van der Waals surface area contributed by atoms with Gasteiger partial charge in [-0.3, -0.25) is 9.48 Å². The number of aromatic nitrogens is 2. The number of Topliss-reactive ketones (excluding diaryl/α,β-unsaturated/α-hetero) is 1. The maximum atomic E-state index is 11.6. The molecule has 1 saturated carbocycles. The van der Waals surface area contributed by atoms with Crippen LogP contribution in [0.1, 0.15) is 38.2 Å². The minimum atomic E-state index is 0.258. The summed E-state index contributed by atoms with van der Waals surface area (Å²) in [5.74, 6) is 0.707. The fourth-order valence-corrected chi connectivity index (χ4v) is 2.24. The molecule has 0 aliphatic heterocycles. The monoisotopic (exact) mass is 206 g/mol. The molecule has 15 heavy (non-hydrogen) atoms. The Balaban J connectivity index is 1.98. The standard InChI is InChI=1S/C12H18N2O/c1-2-14-9-10(8-13-14)7-11-5-3-4-6-12(11)15/h8-9,11H,2-7H2,1H3. The second-order valence-electron chi connectivity index (χ2n) is 4.32. The predicted octanol–water partition coefficient (Wildman–Crippen LogP) is 2.20. The Labute approximate surface area is 90.5 Å². The molecule has 2 rings (SSSR count). The molecule has 0 saturated heterocycles. The Hall–Kier alpha value is -1.12. The fourth-order valence-electron chi connectivity index (χ4n) is 2.24. The molecule has 1 fully saturated rings. The van der Waals surface area contributed by atoms with Crippen molar-refractivity contribution in [2.45, 2.75) is 45.6 Å². The highest BCUT2D eigenvalue weighted by molar-refractivity contribution is 5.81. The van der Waals surface area contributed by atoms with Crippen LogP contribution in [0.4, 0.5) is 0 Å². The molecule has 3 heteroatoms. The molecule has 1 atom stereocenters. The summed E-state index contributed by atoms with van der Waals surface area (Å²) in [4.78, 5) is 11.6. The van der Waals surface area contributed by atoms with Gasteiger partial charge in [-0.05, 0) is 31.7 Å². The van der Waals surface area contributed by atoms with Crippen molar-refractivity contribution in [3.05, 3.63) is 18.0 Å². The van der Waals surface area contributed by atoms with E-state index in [4.69, 9.17) is 0 Å². The van der Waals surface area contributed by atoms with E-state index in [0.717, 1.165) is 32.2 Å². The summed E-state index contributed by atoms with van der Waals surface area (Å²) in [5, 5.41) is 4.23. The van der Waals surface area contributed by atoms with Gasteiger partial charge in [-0.15, -0.1) is 0 Å². The molecule has 0 amide bonds. The van der Waals surface area contributed by atoms with Crippen LogP contribution in [0.5, 0.6) is 0 Å². The largest absolute Gasteiger partial charge is 0.299 e. The zero-order valence-electron chi connectivity index (χ0n) is 9.28. The van der Waals surface area contributed by atoms with Crippen molar-refractivity contribution < 1.29 is 4.79 Å². The van der Waals surface area contributed by atoms with Crippen molar-refractivity contribution >= 4 is 5.78 Å². The number of hydrogen-bond acceptors (Lipinski definition) is 2. The fraction of sp³-hybridized carbons (Fsp3) is 0.667. The molecular formula is C12H18N2O. The van der Waals surface area contributed by atoms with Crippen LogP contribution in [0, 0.1) is 5.92 Å². The van der Waals surface area contributed by atoms with E-state index in [-0.39, 0.29) is 5.92 Å². The lowest BCUT2D eigenvalue weighted by atomic mass is 9.84. The third-order valence-corrected chi connectivity index (χ3v) is 3.17. The molecule has 0 radical (unpaired) electrons. The Morgan fingerprint density at radius 1 is 1.53 bits per heavy atom. The van der Waals surface area contributed by atoms with Gasteiger partial charge in [0.25, 0.3) is 0 Å². The van der Waals surface area contributed by atoms with E-state index < -0.39 is 0 Å². The highest BCUT2D eigenvalue weighted by Crippen LogP contribution is 2.23. The topological polar surface area (TPSA) is 34.9 Å². The third kappa shape index (κ3) is 2.46. The van der Waals surface area contributed by atoms with Crippen LogP contribution in [0.25, 0.3) is 0 Å². The molecule has 1 aliphatic carbocycles. The van der Waals surface area contributed by atoms with Gasteiger partial charge in [0.05, 0.1) is 6.20 Å². The van der Waals surface area contributed by atoms with Crippen LogP contribution < -0.4 is 0 Å². The Morgan fingerprint density at radius 2 is 2.40 bits per heavy atom. The van der Waals surface area contributed by atoms with Crippen molar-refractivity contribution in [3.8, 4) is 0 Å². The summed E-state index contributed by atoms with van der Waals surface area (Å²) in [6.45, 7) is 2.97. The van der Waals surface area contributed by atoms with Crippen molar-refractivity contribution in [1.29, 1.82) is 0 Å². The number of rotatable bonds is 3. The van der Waals surface area contributed by atoms with Gasteiger partial charge in [-0.25, -0.2) is 0 Å². The summed E-state index contributed by atoms with van der Waals surface area (Å²) in [6.07, 6.45) is 8.98. The zero-order valence-corrected chi connectivity index (χ0v) is 9.28. The van der Waals surface area contributed by atoms with E-state index in [1.54, 1.807) is 0 Å². The molecule has 1 heterocycles. The molecule has 1 unspecified atom stereocenters. The molecule has 3 nitrogen and oxygen atoms in total. The molecule has 1 aliphatic rings. The molecule has 1 aromatic heterocycles. The number of hydrogen-bond donors (Lipinski definition) is 0. The van der Waals surface area contributed by atoms with Crippen molar-refractivity contribution in [3.63, 3.8) is 0 Å². The number of carbonyl (C=O) groups is 1. The smallest absolute Gasteiger partial charge is 0.136 e. The van der Waals surface area contributed by atoms with Gasteiger partial charge in [0.15, 0.2) is 0 Å². The number of carbonyl (C=O) groups excluding carboxylic acids is 1. The Kier molecular flexibility index (Phi) is 3.19. The lowest BCUT2D eigenvalue weighted by molar-refractivity contribution is -0.124. The number of ketones is 1. The van der Waals surface area contributed by atoms with Crippen molar-refractivity contribution in [2.75, 3.05) is 0 Å². The van der Waals surface area contributed by atoms with Crippen molar-refractivity contribution in [2.24, 2.45) is 5.92 Å². The summed E-state index contributed by atoms with van der Waals surface area (Å²) in [6, 6.07) is 0. The third-order valence-electron chi connectivity index (χ3n) is 3.17. The molecule has 0 aromatic carbocycles. The van der Waals surface area contributed by atoms with Gasteiger partial charge < -0.3 is 0 Å². The van der Waals surface area contributed by atoms with Gasteiger partial charge >= 0.3 is 0 Å². The van der Waals surface area contributed by atoms with E-state index in [1.807, 2.05) is 10.9 Å². The van der Waals surface area contributed by atoms with Gasteiger partial charge in [0.2, 0.25) is 0 Å². The first-order valence-electron chi connectivity index (χ1n) is 5.83. The van der Waals surface area contributed by atoms with E-state index in [2.05, 4.69) is 18.2 Å². The van der Waals surface area contributed by atoms with Gasteiger partial charge in [0, 0.05) is 25.1 Å². The van der Waals surface area contributed by atoms with E-state index in [1.165, 1.54) is 12.0 Å². The van der Waals surface area contributed by atoms with Crippen LogP contribution in [-0.4, -0.2) is 15.6 Å². The van der Waals surface area contributed by atoms with Gasteiger partial charge in [0.1, 0.15) is 5.78 Å². The second-order valence-corrected chi connectivity index (χ2v) is 4.32. The minimum Gasteiger partial charge on any atom is -0.299 e. The first-order chi connectivity index (χ1) is 7.29. The highest BCUT2D eigenvalue weighted by Gasteiger charge is 2.22. The molecule has 0 bridgehead atoms. The van der Waals surface area contributed by atoms with Crippen LogP contribution in [0.3, 0.4) is 0 Å². The van der Waals surface area contributed by atoms with Crippen molar-refractivity contribution in [1.82, 2.24) is 9.78 Å². The van der Waals surface area contributed by atoms with E-state index in [9.17, 15) is 4.79 Å². The lowest BCUT2D eigenvalue weighted by Gasteiger charge is -2.19. The molecule has 1 aromatic rings. The highest BCUT2D eigenvalue weighted by atomic mass is 16.1. The van der Waals surface area contributed by atoms with Gasteiger partial charge in [-0.2, -0.15) is 5.10 Å². The minimum absolute atomic E-state index is 0.258. The Bertz CT molecular complexity index is 343. The number of aryl methyl sites for hydroxylation is 1. The first-order valence-corrected chi connectivity index (χ1v) is 5.83. The summed E-state index contributed by atoms with van der Waals surface area (Å²) < 4.78 is 1.92. The zero-order chi connectivity index (χ0) is 10.7. The normalized spacial score (nSPS) is 21.9. The summed E-state index contributed by atoms with van der Waals surface area (Å²) in [7, 11) is 0. The lowest BCUT2D eigenvalue weighted by Crippen LogP contribution is -2.20. The summed E-state index contributed by atoms with van der Waals surface area (Å²) in [5.41, 5.74) is 1.21. The Morgan fingerprint density at radius 3 is 3.07 bits per heavy atom. The van der Waals surface area contributed by atoms with Crippen LogP contribution in [0.2, 0.25) is 0 Å². The SMILES string of the molecule is CCn1cc(CC2CCCCC2=O)cn1. The maximum Gasteiger partial charge on any atom is 0.136 e. The average molecular weight is 206 g/mol. The summed E-state index contributed by atoms with van der Waals surface area (Å²) >= 11 is 0. The maximum absolute atomic E-state index is 11.6.